The van der Waals surface area contributed by atoms with Crippen molar-refractivity contribution in [2.45, 2.75) is 44.4 Å². The maximum atomic E-state index is 12.8. The molecule has 0 atom stereocenters. The summed E-state index contributed by atoms with van der Waals surface area (Å²) in [6, 6.07) is 12.0. The summed E-state index contributed by atoms with van der Waals surface area (Å²) in [5.41, 5.74) is 2.46. The van der Waals surface area contributed by atoms with Gasteiger partial charge >= 0.3 is 0 Å². The van der Waals surface area contributed by atoms with Crippen LogP contribution in [0.3, 0.4) is 0 Å². The highest BCUT2D eigenvalue weighted by atomic mass is 35.5. The molecule has 0 spiro atoms. The van der Waals surface area contributed by atoms with Gasteiger partial charge < -0.3 is 0 Å². The van der Waals surface area contributed by atoms with Crippen molar-refractivity contribution in [2.75, 3.05) is 5.75 Å². The first-order valence-electron chi connectivity index (χ1n) is 9.20. The van der Waals surface area contributed by atoms with Gasteiger partial charge in [0, 0.05) is 5.02 Å². The minimum absolute atomic E-state index is 0.225. The van der Waals surface area contributed by atoms with E-state index in [-0.39, 0.29) is 11.7 Å². The number of halogens is 1. The lowest BCUT2D eigenvalue weighted by Crippen LogP contribution is -2.26. The van der Waals surface area contributed by atoms with E-state index in [4.69, 9.17) is 18.2 Å². The number of sulfone groups is 1. The molecule has 0 unspecified atom stereocenters. The molecule has 5 heteroatoms. The van der Waals surface area contributed by atoms with Gasteiger partial charge in [0.2, 0.25) is 0 Å². The number of benzene rings is 2. The highest BCUT2D eigenvalue weighted by Crippen LogP contribution is 2.39. The van der Waals surface area contributed by atoms with Crippen LogP contribution in [0.1, 0.15) is 39.5 Å². The molecule has 142 valence electrons. The Bertz CT molecular complexity index is 962. The van der Waals surface area contributed by atoms with Gasteiger partial charge in [-0.25, -0.2) is 13.3 Å². The molecule has 0 amide bonds. The van der Waals surface area contributed by atoms with E-state index in [0.29, 0.717) is 21.0 Å². The molecule has 0 radical (unpaired) electrons. The van der Waals surface area contributed by atoms with Crippen molar-refractivity contribution in [3.63, 3.8) is 0 Å². The Labute approximate surface area is 167 Å². The molecular weight excluding hydrogens is 378 g/mol. The van der Waals surface area contributed by atoms with E-state index in [2.05, 4.69) is 18.7 Å². The molecule has 0 saturated heterocycles. The van der Waals surface area contributed by atoms with Crippen LogP contribution in [0.5, 0.6) is 0 Å². The summed E-state index contributed by atoms with van der Waals surface area (Å²) >= 11 is 6.26. The predicted octanol–water partition coefficient (Wildman–Crippen LogP) is 6.55. The lowest BCUT2D eigenvalue weighted by molar-refractivity contribution is 0.202. The lowest BCUT2D eigenvalue weighted by Gasteiger charge is -2.34. The van der Waals surface area contributed by atoms with E-state index >= 15 is 0 Å². The third-order valence-corrected chi connectivity index (χ3v) is 7.73. The average molecular weight is 402 g/mol. The zero-order chi connectivity index (χ0) is 19.7. The minimum Gasteiger partial charge on any atom is -0.238 e. The van der Waals surface area contributed by atoms with Crippen LogP contribution in [-0.4, -0.2) is 14.2 Å². The summed E-state index contributed by atoms with van der Waals surface area (Å²) in [6.45, 7) is 11.6. The second kappa shape index (κ2) is 7.66. The molecule has 1 aliphatic carbocycles. The Morgan fingerprint density at radius 1 is 1.11 bits per heavy atom. The van der Waals surface area contributed by atoms with Crippen LogP contribution in [-0.2, 0) is 9.84 Å². The first kappa shape index (κ1) is 19.9. The van der Waals surface area contributed by atoms with E-state index in [9.17, 15) is 8.42 Å². The van der Waals surface area contributed by atoms with Gasteiger partial charge in [0.05, 0.1) is 17.2 Å². The standard InChI is InChI=1S/C22H24ClNO2S/c1-22(2)12-10-16(11-13-22)15-27(25,26)19-7-4-17(5-8-19)20-9-6-18(24-3)14-21(20)23/h4-9,14,16H,10-13,15H2,1-2H3. The Kier molecular flexibility index (Phi) is 5.65. The third-order valence-electron chi connectivity index (χ3n) is 5.52. The molecular formula is C22H24ClNO2S. The lowest BCUT2D eigenvalue weighted by atomic mass is 9.74. The Morgan fingerprint density at radius 3 is 2.30 bits per heavy atom. The fourth-order valence-corrected chi connectivity index (χ4v) is 5.66. The smallest absolute Gasteiger partial charge is 0.188 e. The van der Waals surface area contributed by atoms with Crippen LogP contribution < -0.4 is 0 Å². The average Bonchev–Trinajstić information content (AvgIpc) is 2.63. The van der Waals surface area contributed by atoms with Gasteiger partial charge in [0.1, 0.15) is 0 Å². The van der Waals surface area contributed by atoms with Crippen molar-refractivity contribution in [2.24, 2.45) is 11.3 Å². The van der Waals surface area contributed by atoms with Gasteiger partial charge in [0.15, 0.2) is 15.5 Å². The van der Waals surface area contributed by atoms with Gasteiger partial charge in [-0.15, -0.1) is 0 Å². The molecule has 0 heterocycles. The first-order chi connectivity index (χ1) is 12.7. The number of nitrogens with zero attached hydrogens (tertiary/aromatic N) is 1. The zero-order valence-electron chi connectivity index (χ0n) is 15.7. The maximum absolute atomic E-state index is 12.8. The van der Waals surface area contributed by atoms with Gasteiger partial charge in [0.25, 0.3) is 0 Å². The maximum Gasteiger partial charge on any atom is 0.188 e. The number of hydrogen-bond donors (Lipinski definition) is 0. The SMILES string of the molecule is [C-]#[N+]c1ccc(-c2ccc(S(=O)(=O)CC3CCC(C)(C)CC3)cc2)c(Cl)c1. The van der Waals surface area contributed by atoms with Crippen LogP contribution >= 0.6 is 11.6 Å². The quantitative estimate of drug-likeness (QED) is 0.545. The fraction of sp³-hybridized carbons (Fsp3) is 0.409. The monoisotopic (exact) mass is 401 g/mol. The molecule has 1 aliphatic rings. The van der Waals surface area contributed by atoms with Crippen LogP contribution in [0.4, 0.5) is 5.69 Å². The van der Waals surface area contributed by atoms with Crippen LogP contribution in [0.25, 0.3) is 16.0 Å². The molecule has 27 heavy (non-hydrogen) atoms. The zero-order valence-corrected chi connectivity index (χ0v) is 17.3. The summed E-state index contributed by atoms with van der Waals surface area (Å²) in [5.74, 6) is 0.474. The van der Waals surface area contributed by atoms with Crippen molar-refractivity contribution < 1.29 is 8.42 Å². The molecule has 2 aromatic rings. The Hall–Kier alpha value is -1.83. The Balaban J connectivity index is 1.76. The highest BCUT2D eigenvalue weighted by Gasteiger charge is 2.30. The molecule has 1 fully saturated rings. The van der Waals surface area contributed by atoms with Crippen LogP contribution in [0.15, 0.2) is 47.4 Å². The van der Waals surface area contributed by atoms with Crippen molar-refractivity contribution in [3.05, 3.63) is 58.9 Å². The molecule has 2 aromatic carbocycles. The van der Waals surface area contributed by atoms with E-state index in [1.54, 1.807) is 42.5 Å². The van der Waals surface area contributed by atoms with Gasteiger partial charge in [-0.3, -0.25) is 0 Å². The third kappa shape index (κ3) is 4.72. The van der Waals surface area contributed by atoms with Gasteiger partial charge in [-0.1, -0.05) is 49.7 Å². The normalized spacial score (nSPS) is 17.4. The van der Waals surface area contributed by atoms with E-state index in [1.807, 2.05) is 0 Å². The van der Waals surface area contributed by atoms with Crippen LogP contribution in [0, 0.1) is 17.9 Å². The molecule has 3 rings (SSSR count). The first-order valence-corrected chi connectivity index (χ1v) is 11.2. The molecule has 0 aromatic heterocycles. The number of hydrogen-bond acceptors (Lipinski definition) is 2. The molecule has 3 nitrogen and oxygen atoms in total. The largest absolute Gasteiger partial charge is 0.238 e. The van der Waals surface area contributed by atoms with Gasteiger partial charge in [-0.05, 0) is 66.3 Å². The van der Waals surface area contributed by atoms with Crippen molar-refractivity contribution in [1.82, 2.24) is 0 Å². The highest BCUT2D eigenvalue weighted by molar-refractivity contribution is 7.91. The van der Waals surface area contributed by atoms with E-state index < -0.39 is 9.84 Å². The summed E-state index contributed by atoms with van der Waals surface area (Å²) < 4.78 is 25.6. The molecule has 0 aliphatic heterocycles. The molecule has 0 N–H and O–H groups in total. The summed E-state index contributed by atoms with van der Waals surface area (Å²) in [7, 11) is -3.29. The van der Waals surface area contributed by atoms with Crippen molar-refractivity contribution in [1.29, 1.82) is 0 Å². The summed E-state index contributed by atoms with van der Waals surface area (Å²) in [6.07, 6.45) is 4.14. The molecule has 1 saturated carbocycles. The van der Waals surface area contributed by atoms with Crippen LogP contribution in [0.2, 0.25) is 5.02 Å². The van der Waals surface area contributed by atoms with Crippen molar-refractivity contribution in [3.8, 4) is 11.1 Å². The second-order valence-electron chi connectivity index (χ2n) is 8.19. The molecule has 0 bridgehead atoms. The van der Waals surface area contributed by atoms with Gasteiger partial charge in [-0.2, -0.15) is 0 Å². The summed E-state index contributed by atoms with van der Waals surface area (Å²) in [4.78, 5) is 3.73. The van der Waals surface area contributed by atoms with Crippen molar-refractivity contribution >= 4 is 27.1 Å². The summed E-state index contributed by atoms with van der Waals surface area (Å²) in [5, 5.41) is 0.490. The predicted molar refractivity (Wildman–Crippen MR) is 111 cm³/mol. The number of rotatable bonds is 4. The minimum atomic E-state index is -3.29. The topological polar surface area (TPSA) is 38.5 Å². The second-order valence-corrected chi connectivity index (χ2v) is 10.6. The van der Waals surface area contributed by atoms with E-state index in [0.717, 1.165) is 36.8 Å². The fourth-order valence-electron chi connectivity index (χ4n) is 3.68. The Morgan fingerprint density at radius 2 is 1.74 bits per heavy atom. The van der Waals surface area contributed by atoms with E-state index in [1.165, 1.54) is 0 Å².